The summed E-state index contributed by atoms with van der Waals surface area (Å²) in [5.41, 5.74) is 0.0802. The highest BCUT2D eigenvalue weighted by molar-refractivity contribution is 8.01. The van der Waals surface area contributed by atoms with Crippen molar-refractivity contribution in [2.24, 2.45) is 0 Å². The number of thiazole rings is 1. The third-order valence-corrected chi connectivity index (χ3v) is 5.37. The number of benzene rings is 1. The minimum absolute atomic E-state index is 0.0657. The van der Waals surface area contributed by atoms with Crippen molar-refractivity contribution in [1.82, 2.24) is 19.9 Å². The molecule has 26 heavy (non-hydrogen) atoms. The lowest BCUT2D eigenvalue weighted by Gasteiger charge is -2.09. The number of alkyl halides is 3. The smallest absolute Gasteiger partial charge is 0.253 e. The molecule has 3 heterocycles. The molecule has 0 saturated heterocycles. The van der Waals surface area contributed by atoms with Crippen molar-refractivity contribution in [2.75, 3.05) is 0 Å². The molecule has 0 bridgehead atoms. The number of hydrogen-bond acceptors (Lipinski definition) is 6. The van der Waals surface area contributed by atoms with Crippen molar-refractivity contribution in [2.45, 2.75) is 15.5 Å². The first-order chi connectivity index (χ1) is 12.5. The average molecular weight is 390 g/mol. The molecular formula is C17H9F3N4S2. The summed E-state index contributed by atoms with van der Waals surface area (Å²) in [6.45, 7) is 0. The maximum atomic E-state index is 13.2. The fraction of sp³-hybridized carbons (Fsp3) is 0.0588. The van der Waals surface area contributed by atoms with Gasteiger partial charge in [0.1, 0.15) is 16.4 Å². The molecule has 0 saturated carbocycles. The number of fused-ring (bicyclic) bond motifs is 1. The predicted octanol–water partition coefficient (Wildman–Crippen LogP) is 5.32. The van der Waals surface area contributed by atoms with Gasteiger partial charge >= 0.3 is 6.18 Å². The summed E-state index contributed by atoms with van der Waals surface area (Å²) in [4.78, 5) is 16.3. The molecule has 4 rings (SSSR count). The zero-order chi connectivity index (χ0) is 18.1. The molecule has 0 aliphatic rings. The van der Waals surface area contributed by atoms with E-state index in [1.54, 1.807) is 18.2 Å². The van der Waals surface area contributed by atoms with Gasteiger partial charge in [-0.15, -0.1) is 11.3 Å². The van der Waals surface area contributed by atoms with Crippen molar-refractivity contribution in [3.8, 4) is 11.5 Å². The topological polar surface area (TPSA) is 51.6 Å². The van der Waals surface area contributed by atoms with Gasteiger partial charge in [0.15, 0.2) is 10.2 Å². The van der Waals surface area contributed by atoms with E-state index in [-0.39, 0.29) is 16.5 Å². The second-order valence-corrected chi connectivity index (χ2v) is 7.48. The molecule has 0 spiro atoms. The molecule has 4 nitrogen and oxygen atoms in total. The number of aromatic nitrogens is 4. The highest BCUT2D eigenvalue weighted by Gasteiger charge is 2.34. The molecule has 0 N–H and O–H groups in total. The van der Waals surface area contributed by atoms with Gasteiger partial charge in [0, 0.05) is 12.3 Å². The Balaban J connectivity index is 1.77. The van der Waals surface area contributed by atoms with Crippen LogP contribution >= 0.6 is 23.1 Å². The van der Waals surface area contributed by atoms with Crippen LogP contribution in [-0.4, -0.2) is 19.9 Å². The Morgan fingerprint density at radius 3 is 2.46 bits per heavy atom. The van der Waals surface area contributed by atoms with Crippen molar-refractivity contribution in [3.63, 3.8) is 0 Å². The van der Waals surface area contributed by atoms with Crippen molar-refractivity contribution >= 4 is 33.3 Å². The van der Waals surface area contributed by atoms with E-state index >= 15 is 0 Å². The van der Waals surface area contributed by atoms with Crippen molar-refractivity contribution in [3.05, 3.63) is 60.4 Å². The maximum Gasteiger partial charge on any atom is 0.433 e. The Morgan fingerprint density at radius 1 is 0.923 bits per heavy atom. The number of hydrogen-bond donors (Lipinski definition) is 0. The summed E-state index contributed by atoms with van der Waals surface area (Å²) < 4.78 is 41.3. The van der Waals surface area contributed by atoms with E-state index in [1.807, 2.05) is 24.3 Å². The van der Waals surface area contributed by atoms with E-state index < -0.39 is 11.9 Å². The molecule has 0 unspecified atom stereocenters. The summed E-state index contributed by atoms with van der Waals surface area (Å²) in [5, 5.41) is 0.173. The highest BCUT2D eigenvalue weighted by Crippen LogP contribution is 2.36. The summed E-state index contributed by atoms with van der Waals surface area (Å²) >= 11 is 2.48. The zero-order valence-corrected chi connectivity index (χ0v) is 14.6. The Hall–Kier alpha value is -2.52. The van der Waals surface area contributed by atoms with Crippen LogP contribution in [0.3, 0.4) is 0 Å². The third-order valence-electron chi connectivity index (χ3n) is 3.35. The van der Waals surface area contributed by atoms with Gasteiger partial charge in [-0.05, 0) is 36.0 Å². The van der Waals surface area contributed by atoms with E-state index in [2.05, 4.69) is 19.9 Å². The Bertz CT molecular complexity index is 1030. The number of para-hydroxylation sites is 1. The van der Waals surface area contributed by atoms with Crippen LogP contribution in [0.2, 0.25) is 0 Å². The van der Waals surface area contributed by atoms with Gasteiger partial charge in [-0.25, -0.2) is 15.0 Å². The van der Waals surface area contributed by atoms with E-state index in [4.69, 9.17) is 0 Å². The van der Waals surface area contributed by atoms with Crippen LogP contribution in [0.4, 0.5) is 13.2 Å². The number of pyridine rings is 1. The monoisotopic (exact) mass is 390 g/mol. The molecule has 0 aliphatic heterocycles. The lowest BCUT2D eigenvalue weighted by molar-refractivity contribution is -0.141. The summed E-state index contributed by atoms with van der Waals surface area (Å²) in [7, 11) is 0. The normalized spacial score (nSPS) is 11.8. The molecule has 9 heteroatoms. The molecule has 0 aliphatic carbocycles. The Labute approximate surface area is 154 Å². The minimum atomic E-state index is -4.57. The summed E-state index contributed by atoms with van der Waals surface area (Å²) in [6.07, 6.45) is -3.09. The van der Waals surface area contributed by atoms with Gasteiger partial charge in [0.2, 0.25) is 0 Å². The predicted molar refractivity (Wildman–Crippen MR) is 94.0 cm³/mol. The standard InChI is InChI=1S/C17H9F3N4S2/c18-17(19,20)13-9-14(24-15(23-13)11-6-3-4-8-21-11)26-16-22-10-5-1-2-7-12(10)25-16/h1-9H. The van der Waals surface area contributed by atoms with Crippen LogP contribution < -0.4 is 0 Å². The van der Waals surface area contributed by atoms with Gasteiger partial charge in [-0.3, -0.25) is 4.98 Å². The SMILES string of the molecule is FC(F)(F)c1cc(Sc2nc3ccccc3s2)nc(-c2ccccn2)n1. The molecule has 0 fully saturated rings. The van der Waals surface area contributed by atoms with Gasteiger partial charge in [0.25, 0.3) is 0 Å². The molecule has 4 aromatic rings. The largest absolute Gasteiger partial charge is 0.433 e. The number of halogens is 3. The second kappa shape index (κ2) is 6.65. The van der Waals surface area contributed by atoms with Crippen LogP contribution in [-0.2, 0) is 6.18 Å². The second-order valence-electron chi connectivity index (χ2n) is 5.18. The quantitative estimate of drug-likeness (QED) is 0.443. The molecule has 0 atom stereocenters. The van der Waals surface area contributed by atoms with Crippen LogP contribution in [0.5, 0.6) is 0 Å². The van der Waals surface area contributed by atoms with Gasteiger partial charge in [-0.2, -0.15) is 13.2 Å². The minimum Gasteiger partial charge on any atom is -0.253 e. The van der Waals surface area contributed by atoms with Crippen LogP contribution in [0.1, 0.15) is 5.69 Å². The van der Waals surface area contributed by atoms with E-state index in [9.17, 15) is 13.2 Å². The summed E-state index contributed by atoms with van der Waals surface area (Å²) in [6, 6.07) is 13.4. The summed E-state index contributed by atoms with van der Waals surface area (Å²) in [5.74, 6) is -0.0657. The van der Waals surface area contributed by atoms with E-state index in [0.717, 1.165) is 28.0 Å². The first-order valence-corrected chi connectivity index (χ1v) is 9.03. The van der Waals surface area contributed by atoms with Gasteiger partial charge < -0.3 is 0 Å². The third kappa shape index (κ3) is 3.54. The maximum absolute atomic E-state index is 13.2. The molecule has 3 aromatic heterocycles. The van der Waals surface area contributed by atoms with Gasteiger partial charge in [-0.1, -0.05) is 18.2 Å². The highest BCUT2D eigenvalue weighted by atomic mass is 32.2. The number of rotatable bonds is 3. The Kier molecular flexibility index (Phi) is 4.33. The lowest BCUT2D eigenvalue weighted by Crippen LogP contribution is -2.10. The van der Waals surface area contributed by atoms with Gasteiger partial charge in [0.05, 0.1) is 10.2 Å². The Morgan fingerprint density at radius 2 is 1.73 bits per heavy atom. The van der Waals surface area contributed by atoms with Crippen molar-refractivity contribution in [1.29, 1.82) is 0 Å². The molecule has 130 valence electrons. The molecule has 0 amide bonds. The zero-order valence-electron chi connectivity index (χ0n) is 12.9. The molecular weight excluding hydrogens is 381 g/mol. The average Bonchev–Trinajstić information content (AvgIpc) is 3.03. The lowest BCUT2D eigenvalue weighted by atomic mass is 10.3. The number of nitrogens with zero attached hydrogens (tertiary/aromatic N) is 4. The molecule has 1 aromatic carbocycles. The van der Waals surface area contributed by atoms with Crippen LogP contribution in [0, 0.1) is 0 Å². The molecule has 0 radical (unpaired) electrons. The first-order valence-electron chi connectivity index (χ1n) is 7.40. The van der Waals surface area contributed by atoms with Crippen LogP contribution in [0.15, 0.2) is 64.1 Å². The van der Waals surface area contributed by atoms with Crippen LogP contribution in [0.25, 0.3) is 21.7 Å². The fourth-order valence-electron chi connectivity index (χ4n) is 2.22. The first kappa shape index (κ1) is 16.9. The van der Waals surface area contributed by atoms with E-state index in [0.29, 0.717) is 4.34 Å². The van der Waals surface area contributed by atoms with E-state index in [1.165, 1.54) is 17.5 Å². The van der Waals surface area contributed by atoms with Crippen molar-refractivity contribution < 1.29 is 13.2 Å². The fourth-order valence-corrected chi connectivity index (χ4v) is 4.23.